The minimum Gasteiger partial charge on any atom is -0.343 e. The lowest BCUT2D eigenvalue weighted by Gasteiger charge is -2.19. The first-order valence-corrected chi connectivity index (χ1v) is 7.62. The molecule has 0 saturated carbocycles. The van der Waals surface area contributed by atoms with Crippen molar-refractivity contribution in [2.75, 3.05) is 13.1 Å². The average molecular weight is 312 g/mol. The minimum absolute atomic E-state index is 0.101. The first kappa shape index (κ1) is 15.8. The van der Waals surface area contributed by atoms with Crippen molar-refractivity contribution in [1.82, 2.24) is 14.5 Å². The molecule has 4 nitrogen and oxygen atoms in total. The molecule has 0 fully saturated rings. The summed E-state index contributed by atoms with van der Waals surface area (Å²) in [5.74, 6) is 0.664. The topological polar surface area (TPSA) is 38.1 Å². The van der Waals surface area contributed by atoms with Gasteiger partial charge < -0.3 is 9.47 Å². The van der Waals surface area contributed by atoms with E-state index in [-0.39, 0.29) is 17.6 Å². The van der Waals surface area contributed by atoms with Gasteiger partial charge in [0.15, 0.2) is 0 Å². The highest BCUT2D eigenvalue weighted by Gasteiger charge is 2.14. The maximum atomic E-state index is 13.3. The van der Waals surface area contributed by atoms with E-state index in [0.29, 0.717) is 37.4 Å². The summed E-state index contributed by atoms with van der Waals surface area (Å²) in [4.78, 5) is 18.2. The fourth-order valence-corrected chi connectivity index (χ4v) is 2.65. The molecule has 0 bridgehead atoms. The molecular weight excluding hydrogens is 293 g/mol. The second kappa shape index (κ2) is 6.89. The smallest absolute Gasteiger partial charge is 0.224 e. The number of aromatic nitrogens is 2. The number of carbonyl (C=O) groups is 1. The Labute approximate surface area is 128 Å². The van der Waals surface area contributed by atoms with Crippen molar-refractivity contribution >= 4 is 28.5 Å². The van der Waals surface area contributed by atoms with Crippen molar-refractivity contribution in [3.63, 3.8) is 0 Å². The van der Waals surface area contributed by atoms with Crippen molar-refractivity contribution in [1.29, 1.82) is 0 Å². The molecule has 0 N–H and O–H groups in total. The van der Waals surface area contributed by atoms with Crippen molar-refractivity contribution in [2.24, 2.45) is 0 Å². The fraction of sp³-hybridized carbons (Fsp3) is 0.467. The second-order valence-electron chi connectivity index (χ2n) is 4.76. The van der Waals surface area contributed by atoms with Crippen LogP contribution in [-0.4, -0.2) is 33.4 Å². The maximum absolute atomic E-state index is 13.3. The highest BCUT2D eigenvalue weighted by Crippen LogP contribution is 2.19. The molecule has 114 valence electrons. The van der Waals surface area contributed by atoms with Gasteiger partial charge in [-0.2, -0.15) is 0 Å². The zero-order valence-corrected chi connectivity index (χ0v) is 13.0. The first-order chi connectivity index (χ1) is 10.1. The highest BCUT2D eigenvalue weighted by atomic mass is 35.5. The Morgan fingerprint density at radius 2 is 2.10 bits per heavy atom. The number of hydrogen-bond acceptors (Lipinski definition) is 2. The number of imidazole rings is 1. The molecule has 1 heterocycles. The van der Waals surface area contributed by atoms with Gasteiger partial charge in [-0.1, -0.05) is 0 Å². The van der Waals surface area contributed by atoms with Gasteiger partial charge in [0.2, 0.25) is 5.91 Å². The van der Waals surface area contributed by atoms with Gasteiger partial charge in [0.1, 0.15) is 11.6 Å². The molecule has 2 rings (SSSR count). The third kappa shape index (κ3) is 3.35. The summed E-state index contributed by atoms with van der Waals surface area (Å²) >= 11 is 5.90. The quantitative estimate of drug-likeness (QED) is 0.769. The number of nitrogens with zero attached hydrogens (tertiary/aromatic N) is 3. The van der Waals surface area contributed by atoms with Crippen LogP contribution in [0.4, 0.5) is 4.39 Å². The number of carbonyl (C=O) groups excluding carboxylic acids is 1. The summed E-state index contributed by atoms with van der Waals surface area (Å²) in [7, 11) is 0. The lowest BCUT2D eigenvalue weighted by Crippen LogP contribution is -2.31. The van der Waals surface area contributed by atoms with Crippen molar-refractivity contribution in [2.45, 2.75) is 32.7 Å². The molecule has 0 spiro atoms. The van der Waals surface area contributed by atoms with Crippen LogP contribution in [0.2, 0.25) is 0 Å². The third-order valence-electron chi connectivity index (χ3n) is 3.57. The van der Waals surface area contributed by atoms with Crippen LogP contribution in [0.3, 0.4) is 0 Å². The van der Waals surface area contributed by atoms with Gasteiger partial charge in [0, 0.05) is 32.1 Å². The Balaban J connectivity index is 2.23. The van der Waals surface area contributed by atoms with Crippen molar-refractivity contribution in [3.8, 4) is 0 Å². The standard InChI is InChI=1S/C15H19ClFN3O/c1-3-19(4-2)15(21)7-8-20-13-6-5-11(17)9-12(13)18-14(20)10-16/h5-6,9H,3-4,7-8,10H2,1-2H3. The second-order valence-corrected chi connectivity index (χ2v) is 5.03. The lowest BCUT2D eigenvalue weighted by molar-refractivity contribution is -0.131. The largest absolute Gasteiger partial charge is 0.343 e. The van der Waals surface area contributed by atoms with Gasteiger partial charge in [0.05, 0.1) is 16.9 Å². The Hall–Kier alpha value is -1.62. The van der Waals surface area contributed by atoms with Crippen LogP contribution in [-0.2, 0) is 17.2 Å². The van der Waals surface area contributed by atoms with E-state index in [1.807, 2.05) is 18.4 Å². The molecule has 0 atom stereocenters. The predicted molar refractivity (Wildman–Crippen MR) is 81.8 cm³/mol. The SMILES string of the molecule is CCN(CC)C(=O)CCn1c(CCl)nc2cc(F)ccc21. The molecule has 0 radical (unpaired) electrons. The van der Waals surface area contributed by atoms with Crippen LogP contribution in [0.15, 0.2) is 18.2 Å². The number of alkyl halides is 1. The number of hydrogen-bond donors (Lipinski definition) is 0. The molecule has 0 saturated heterocycles. The maximum Gasteiger partial charge on any atom is 0.224 e. The Kier molecular flexibility index (Phi) is 5.17. The van der Waals surface area contributed by atoms with E-state index in [4.69, 9.17) is 11.6 Å². The summed E-state index contributed by atoms with van der Waals surface area (Å²) < 4.78 is 15.1. The van der Waals surface area contributed by atoms with Gasteiger partial charge in [-0.3, -0.25) is 4.79 Å². The van der Waals surface area contributed by atoms with Crippen molar-refractivity contribution < 1.29 is 9.18 Å². The molecule has 1 amide bonds. The molecular formula is C15H19ClFN3O. The Bertz CT molecular complexity index is 637. The van der Waals surface area contributed by atoms with Crippen LogP contribution in [0.1, 0.15) is 26.1 Å². The van der Waals surface area contributed by atoms with E-state index < -0.39 is 0 Å². The van der Waals surface area contributed by atoms with Gasteiger partial charge >= 0.3 is 0 Å². The summed E-state index contributed by atoms with van der Waals surface area (Å²) in [5.41, 5.74) is 1.38. The highest BCUT2D eigenvalue weighted by molar-refractivity contribution is 6.16. The van der Waals surface area contributed by atoms with Crippen LogP contribution < -0.4 is 0 Å². The molecule has 2 aromatic rings. The van der Waals surface area contributed by atoms with E-state index in [2.05, 4.69) is 4.98 Å². The summed E-state index contributed by atoms with van der Waals surface area (Å²) in [6, 6.07) is 4.45. The average Bonchev–Trinajstić information content (AvgIpc) is 2.83. The molecule has 1 aromatic heterocycles. The van der Waals surface area contributed by atoms with E-state index in [1.54, 1.807) is 11.0 Å². The number of rotatable bonds is 6. The van der Waals surface area contributed by atoms with E-state index >= 15 is 0 Å². The zero-order chi connectivity index (χ0) is 15.4. The summed E-state index contributed by atoms with van der Waals surface area (Å²) in [5, 5.41) is 0. The molecule has 0 aliphatic heterocycles. The van der Waals surface area contributed by atoms with Crippen molar-refractivity contribution in [3.05, 3.63) is 29.8 Å². The summed E-state index contributed by atoms with van der Waals surface area (Å²) in [6.45, 7) is 5.82. The molecule has 0 aliphatic rings. The van der Waals surface area contributed by atoms with Crippen LogP contribution in [0, 0.1) is 5.82 Å². The van der Waals surface area contributed by atoms with E-state index in [1.165, 1.54) is 12.1 Å². The number of fused-ring (bicyclic) bond motifs is 1. The van der Waals surface area contributed by atoms with Gasteiger partial charge in [-0.25, -0.2) is 9.37 Å². The monoisotopic (exact) mass is 311 g/mol. The van der Waals surface area contributed by atoms with Crippen LogP contribution in [0.5, 0.6) is 0 Å². The molecule has 0 aliphatic carbocycles. The predicted octanol–water partition coefficient (Wildman–Crippen LogP) is 3.17. The normalized spacial score (nSPS) is 11.0. The Morgan fingerprint density at radius 1 is 1.38 bits per heavy atom. The zero-order valence-electron chi connectivity index (χ0n) is 12.3. The van der Waals surface area contributed by atoms with Gasteiger partial charge in [-0.15, -0.1) is 11.6 Å². The van der Waals surface area contributed by atoms with Crippen LogP contribution in [0.25, 0.3) is 11.0 Å². The number of halogens is 2. The van der Waals surface area contributed by atoms with E-state index in [9.17, 15) is 9.18 Å². The number of aryl methyl sites for hydroxylation is 1. The van der Waals surface area contributed by atoms with Gasteiger partial charge in [-0.05, 0) is 26.0 Å². The van der Waals surface area contributed by atoms with Gasteiger partial charge in [0.25, 0.3) is 0 Å². The summed E-state index contributed by atoms with van der Waals surface area (Å²) in [6.07, 6.45) is 0.383. The fourth-order valence-electron chi connectivity index (χ4n) is 2.45. The number of amides is 1. The molecule has 0 unspecified atom stereocenters. The van der Waals surface area contributed by atoms with Crippen LogP contribution >= 0.6 is 11.6 Å². The molecule has 21 heavy (non-hydrogen) atoms. The number of benzene rings is 1. The van der Waals surface area contributed by atoms with E-state index in [0.717, 1.165) is 5.52 Å². The lowest BCUT2D eigenvalue weighted by atomic mass is 10.3. The molecule has 6 heteroatoms. The third-order valence-corrected chi connectivity index (χ3v) is 3.81. The first-order valence-electron chi connectivity index (χ1n) is 7.09. The Morgan fingerprint density at radius 3 is 2.71 bits per heavy atom. The minimum atomic E-state index is -0.326. The molecule has 1 aromatic carbocycles.